The first-order valence-electron chi connectivity index (χ1n) is 7.37. The molecular weight excluding hydrogens is 481 g/mol. The molecule has 18 nitrogen and oxygen atoms in total. The molecule has 2 heterocycles. The van der Waals surface area contributed by atoms with Crippen LogP contribution < -0.4 is 17.2 Å². The van der Waals surface area contributed by atoms with Crippen LogP contribution in [0.4, 0.5) is 5.82 Å². The van der Waals surface area contributed by atoms with Gasteiger partial charge in [0.2, 0.25) is 0 Å². The molecule has 0 saturated carbocycles. The molecule has 1 aromatic rings. The van der Waals surface area contributed by atoms with Crippen LogP contribution in [0.2, 0.25) is 0 Å². The minimum absolute atomic E-state index is 0.0945. The molecule has 0 amide bonds. The normalized spacial score (nSPS) is 24.9. The van der Waals surface area contributed by atoms with Gasteiger partial charge in [-0.05, 0) is 6.07 Å². The fraction of sp³-hybridized carbons (Fsp3) is 0.556. The van der Waals surface area contributed by atoms with E-state index in [2.05, 4.69) is 13.6 Å². The first-order valence-corrected chi connectivity index (χ1v) is 11.9. The Morgan fingerprint density at radius 3 is 2.00 bits per heavy atom. The molecule has 11 N–H and O–H groups in total. The molecule has 1 aliphatic heterocycles. The Labute approximate surface area is 166 Å². The van der Waals surface area contributed by atoms with Gasteiger partial charge in [0, 0.05) is 6.20 Å². The van der Waals surface area contributed by atoms with Crippen molar-refractivity contribution in [3.05, 3.63) is 22.7 Å². The summed E-state index contributed by atoms with van der Waals surface area (Å²) in [6.45, 7) is -0.373. The molecule has 4 atom stereocenters. The Bertz CT molecular complexity index is 899. The van der Waals surface area contributed by atoms with Crippen LogP contribution in [0.1, 0.15) is 6.23 Å². The van der Waals surface area contributed by atoms with Gasteiger partial charge >= 0.3 is 29.2 Å². The first-order chi connectivity index (χ1) is 13.5. The lowest BCUT2D eigenvalue weighted by atomic mass is 10.1. The summed E-state index contributed by atoms with van der Waals surface area (Å²) in [5, 5.41) is 18.6. The average Bonchev–Trinajstić information content (AvgIpc) is 2.79. The van der Waals surface area contributed by atoms with E-state index in [-0.39, 0.29) is 12.4 Å². The van der Waals surface area contributed by atoms with Crippen molar-refractivity contribution in [2.45, 2.75) is 24.5 Å². The Morgan fingerprint density at radius 1 is 1.13 bits per heavy atom. The fourth-order valence-electron chi connectivity index (χ4n) is 2.07. The van der Waals surface area contributed by atoms with Gasteiger partial charge in [-0.25, -0.2) is 18.5 Å². The molecule has 1 aromatic heterocycles. The molecule has 21 heteroatoms. The molecule has 1 fully saturated rings. The van der Waals surface area contributed by atoms with Gasteiger partial charge in [0.05, 0.1) is 12.6 Å². The Morgan fingerprint density at radius 2 is 1.63 bits per heavy atom. The summed E-state index contributed by atoms with van der Waals surface area (Å²) in [5.41, 5.74) is 10.5. The molecular formula is C9H19N4O14P3. The van der Waals surface area contributed by atoms with Crippen LogP contribution in [-0.2, 0) is 27.1 Å². The van der Waals surface area contributed by atoms with Crippen molar-refractivity contribution in [3.63, 3.8) is 0 Å². The van der Waals surface area contributed by atoms with E-state index < -0.39 is 53.6 Å². The maximum Gasteiger partial charge on any atom is 0.490 e. The molecule has 0 unspecified atom stereocenters. The third-order valence-electron chi connectivity index (χ3n) is 3.14. The summed E-state index contributed by atoms with van der Waals surface area (Å²) < 4.78 is 42.8. The maximum absolute atomic E-state index is 11.6. The van der Waals surface area contributed by atoms with Gasteiger partial charge in [-0.2, -0.15) is 13.6 Å². The third-order valence-corrected chi connectivity index (χ3v) is 6.50. The van der Waals surface area contributed by atoms with E-state index in [1.807, 2.05) is 0 Å². The van der Waals surface area contributed by atoms with Crippen LogP contribution in [0.5, 0.6) is 0 Å². The molecule has 0 radical (unpaired) electrons. The lowest BCUT2D eigenvalue weighted by Gasteiger charge is -2.17. The van der Waals surface area contributed by atoms with Crippen LogP contribution in [0.25, 0.3) is 0 Å². The van der Waals surface area contributed by atoms with E-state index in [0.29, 0.717) is 0 Å². The van der Waals surface area contributed by atoms with E-state index in [0.717, 1.165) is 4.57 Å². The van der Waals surface area contributed by atoms with E-state index >= 15 is 0 Å². The number of ether oxygens (including phenoxy) is 1. The van der Waals surface area contributed by atoms with Crippen molar-refractivity contribution in [1.82, 2.24) is 9.55 Å². The average molecular weight is 500 g/mol. The molecule has 30 heavy (non-hydrogen) atoms. The van der Waals surface area contributed by atoms with Crippen LogP contribution in [-0.4, -0.2) is 69.1 Å². The molecule has 1 saturated heterocycles. The van der Waals surface area contributed by atoms with Crippen LogP contribution in [0, 0.1) is 0 Å². The summed E-state index contributed by atoms with van der Waals surface area (Å²) in [6.07, 6.45) is -1.31. The zero-order chi connectivity index (χ0) is 23.5. The highest BCUT2D eigenvalue weighted by atomic mass is 31.3. The number of rotatable bonds is 6. The summed E-state index contributed by atoms with van der Waals surface area (Å²) >= 11 is 0. The van der Waals surface area contributed by atoms with Crippen molar-refractivity contribution in [2.24, 2.45) is 5.73 Å². The van der Waals surface area contributed by atoms with Gasteiger partial charge in [0.1, 0.15) is 18.0 Å². The van der Waals surface area contributed by atoms with Gasteiger partial charge in [-0.3, -0.25) is 4.57 Å². The van der Waals surface area contributed by atoms with E-state index in [1.165, 1.54) is 12.3 Å². The van der Waals surface area contributed by atoms with Gasteiger partial charge in [-0.1, -0.05) is 0 Å². The first kappa shape index (κ1) is 27.0. The number of nitrogen functional groups attached to an aromatic ring is 1. The van der Waals surface area contributed by atoms with Gasteiger partial charge < -0.3 is 50.9 Å². The highest BCUT2D eigenvalue weighted by Crippen LogP contribution is 2.64. The SMILES string of the molecule is Nc1ccn([C@@H]2O[C@H](CO)[C@@H](O)[C@H]2N)c(=O)n1.O=P(O)(O)OP(=O)(O)OP(=O)(O)O. The van der Waals surface area contributed by atoms with Crippen molar-refractivity contribution in [3.8, 4) is 0 Å². The Balaban J connectivity index is 0.000000314. The molecule has 0 aromatic carbocycles. The van der Waals surface area contributed by atoms with Gasteiger partial charge in [0.15, 0.2) is 6.23 Å². The molecule has 0 spiro atoms. The lowest BCUT2D eigenvalue weighted by molar-refractivity contribution is -0.0464. The predicted octanol–water partition coefficient (Wildman–Crippen LogP) is -3.29. The number of aromatic nitrogens is 2. The minimum Gasteiger partial charge on any atom is -0.394 e. The third kappa shape index (κ3) is 8.58. The number of nitrogens with zero attached hydrogens (tertiary/aromatic N) is 2. The van der Waals surface area contributed by atoms with E-state index in [9.17, 15) is 23.6 Å². The van der Waals surface area contributed by atoms with E-state index in [1.54, 1.807) is 0 Å². The Kier molecular flexibility index (Phi) is 9.02. The number of anilines is 1. The van der Waals surface area contributed by atoms with Crippen molar-refractivity contribution in [1.29, 1.82) is 0 Å². The molecule has 1 aliphatic rings. The van der Waals surface area contributed by atoms with Crippen molar-refractivity contribution < 1.29 is 61.7 Å². The maximum atomic E-state index is 11.6. The highest BCUT2D eigenvalue weighted by Gasteiger charge is 2.42. The number of aliphatic hydroxyl groups excluding tert-OH is 2. The molecule has 0 aliphatic carbocycles. The second-order valence-corrected chi connectivity index (χ2v) is 9.68. The molecule has 174 valence electrons. The standard InChI is InChI=1S/C9H14N4O4.H5O10P3/c10-5-1-2-13(9(16)12-5)8-6(11)7(15)4(3-14)17-8;1-11(2,3)9-13(7,8)10-12(4,5)6/h1-2,4,6-8,14-15H,3,11H2,(H2,10,12,16);(H,7,8)(H2,1,2,3)(H2,4,5,6)/t4-,6-,7-,8-;/m1./s1. The topological polar surface area (TPSA) is 307 Å². The summed E-state index contributed by atoms with van der Waals surface area (Å²) in [4.78, 5) is 55.3. The van der Waals surface area contributed by atoms with Crippen molar-refractivity contribution in [2.75, 3.05) is 12.3 Å². The second-order valence-electron chi connectivity index (χ2n) is 5.47. The fourth-order valence-corrected chi connectivity index (χ4v) is 4.61. The number of nitrogens with two attached hydrogens (primary N) is 2. The number of aliphatic hydroxyl groups is 2. The Hall–Kier alpha value is -1.07. The number of phosphoric acid groups is 3. The van der Waals surface area contributed by atoms with Gasteiger partial charge in [0.25, 0.3) is 0 Å². The smallest absolute Gasteiger partial charge is 0.394 e. The minimum atomic E-state index is -5.46. The van der Waals surface area contributed by atoms with Crippen LogP contribution in [0.3, 0.4) is 0 Å². The van der Waals surface area contributed by atoms with Crippen molar-refractivity contribution >= 4 is 29.3 Å². The zero-order valence-corrected chi connectivity index (χ0v) is 17.2. The number of hydrogen-bond acceptors (Lipinski definition) is 12. The largest absolute Gasteiger partial charge is 0.490 e. The summed E-state index contributed by atoms with van der Waals surface area (Å²) in [5.74, 6) is 0.0945. The van der Waals surface area contributed by atoms with Crippen LogP contribution in [0.15, 0.2) is 17.1 Å². The molecule has 0 bridgehead atoms. The lowest BCUT2D eigenvalue weighted by Crippen LogP contribution is -2.42. The summed E-state index contributed by atoms with van der Waals surface area (Å²) in [7, 11) is -16.2. The van der Waals surface area contributed by atoms with Crippen LogP contribution >= 0.6 is 23.5 Å². The zero-order valence-electron chi connectivity index (χ0n) is 14.6. The monoisotopic (exact) mass is 500 g/mol. The van der Waals surface area contributed by atoms with E-state index in [4.69, 9.17) is 45.8 Å². The highest BCUT2D eigenvalue weighted by molar-refractivity contribution is 7.66. The second kappa shape index (κ2) is 10.0. The van der Waals surface area contributed by atoms with Gasteiger partial charge in [-0.15, -0.1) is 0 Å². The number of hydrogen-bond donors (Lipinski definition) is 9. The molecule has 2 rings (SSSR count). The summed E-state index contributed by atoms with van der Waals surface area (Å²) in [6, 6.07) is 0.617. The quantitative estimate of drug-likeness (QED) is 0.173. The predicted molar refractivity (Wildman–Crippen MR) is 94.0 cm³/mol.